The number of ether oxygens (including phenoxy) is 1. The average molecular weight is 597 g/mol. The number of pyridine rings is 1. The van der Waals surface area contributed by atoms with Gasteiger partial charge in [0, 0.05) is 30.4 Å². The van der Waals surface area contributed by atoms with Crippen LogP contribution in [0.15, 0.2) is 48.9 Å². The van der Waals surface area contributed by atoms with Crippen molar-refractivity contribution >= 4 is 11.7 Å². The number of carbonyl (C=O) groups is 1. The second-order valence-electron chi connectivity index (χ2n) is 14.4. The van der Waals surface area contributed by atoms with Crippen LogP contribution >= 0.6 is 0 Å². The zero-order valence-corrected chi connectivity index (χ0v) is 26.5. The topological polar surface area (TPSA) is 80.5 Å². The molecule has 2 aromatic heterocycles. The smallest absolute Gasteiger partial charge is 0.231 e. The molecule has 5 saturated carbocycles. The molecule has 8 rings (SSSR count). The van der Waals surface area contributed by atoms with Gasteiger partial charge in [-0.3, -0.25) is 14.4 Å². The first-order chi connectivity index (χ1) is 21.4. The highest BCUT2D eigenvalue weighted by Crippen LogP contribution is 2.58. The summed E-state index contributed by atoms with van der Waals surface area (Å²) in [5, 5.41) is 14.9. The third-order valence-corrected chi connectivity index (χ3v) is 11.9. The first-order valence-electron chi connectivity index (χ1n) is 17.0. The number of hydrogen-bond acceptors (Lipinski definition) is 5. The summed E-state index contributed by atoms with van der Waals surface area (Å²) in [5.74, 6) is 1.84. The van der Waals surface area contributed by atoms with Crippen molar-refractivity contribution in [3.63, 3.8) is 0 Å². The second kappa shape index (κ2) is 12.0. The van der Waals surface area contributed by atoms with E-state index in [-0.39, 0.29) is 28.8 Å². The number of rotatable bonds is 8. The van der Waals surface area contributed by atoms with Crippen LogP contribution in [0.2, 0.25) is 0 Å². The molecule has 0 atom stereocenters. The van der Waals surface area contributed by atoms with Crippen LogP contribution in [-0.2, 0) is 10.2 Å². The molecule has 5 fully saturated rings. The van der Waals surface area contributed by atoms with Crippen molar-refractivity contribution in [2.24, 2.45) is 11.3 Å². The van der Waals surface area contributed by atoms with Crippen molar-refractivity contribution in [3.8, 4) is 16.9 Å². The molecule has 1 amide bonds. The molecule has 7 heteroatoms. The van der Waals surface area contributed by atoms with Gasteiger partial charge in [0.25, 0.3) is 0 Å². The van der Waals surface area contributed by atoms with Crippen molar-refractivity contribution in [1.82, 2.24) is 14.8 Å². The predicted molar refractivity (Wildman–Crippen MR) is 173 cm³/mol. The minimum atomic E-state index is -0.282. The molecule has 0 radical (unpaired) electrons. The highest BCUT2D eigenvalue weighted by molar-refractivity contribution is 5.95. The molecule has 5 aliphatic carbocycles. The maximum absolute atomic E-state index is 14.3. The van der Waals surface area contributed by atoms with E-state index in [2.05, 4.69) is 42.1 Å². The third kappa shape index (κ3) is 5.57. The lowest BCUT2D eigenvalue weighted by atomic mass is 9.51. The molecule has 1 N–H and O–H groups in total. The van der Waals surface area contributed by atoms with Gasteiger partial charge in [-0.2, -0.15) is 5.10 Å². The summed E-state index contributed by atoms with van der Waals surface area (Å²) in [4.78, 5) is 21.2. The molecule has 3 aromatic rings. The quantitative estimate of drug-likeness (QED) is 0.290. The maximum atomic E-state index is 14.3. The Labute approximate surface area is 262 Å². The zero-order valence-electron chi connectivity index (χ0n) is 26.5. The molecule has 0 aliphatic heterocycles. The molecule has 5 aliphatic rings. The second-order valence-corrected chi connectivity index (χ2v) is 14.4. The van der Waals surface area contributed by atoms with Gasteiger partial charge in [-0.1, -0.05) is 25.0 Å². The van der Waals surface area contributed by atoms with Crippen LogP contribution in [0.3, 0.4) is 0 Å². The van der Waals surface area contributed by atoms with E-state index in [0.29, 0.717) is 18.9 Å². The minimum absolute atomic E-state index is 0.0566. The normalized spacial score (nSPS) is 28.7. The Balaban J connectivity index is 1.14. The number of benzene rings is 1. The first-order valence-corrected chi connectivity index (χ1v) is 17.0. The number of amides is 1. The van der Waals surface area contributed by atoms with Crippen molar-refractivity contribution in [2.75, 3.05) is 18.6 Å². The van der Waals surface area contributed by atoms with Crippen molar-refractivity contribution in [2.45, 2.75) is 114 Å². The molecule has 44 heavy (non-hydrogen) atoms. The fourth-order valence-corrected chi connectivity index (χ4v) is 8.89. The molecule has 0 unspecified atom stereocenters. The number of hydrogen-bond donors (Lipinski definition) is 1. The Morgan fingerprint density at radius 1 is 0.977 bits per heavy atom. The number of fused-ring (bicyclic) bond motifs is 3. The van der Waals surface area contributed by atoms with Gasteiger partial charge in [0.1, 0.15) is 11.6 Å². The summed E-state index contributed by atoms with van der Waals surface area (Å²) in [6.07, 6.45) is 20.4. The Morgan fingerprint density at radius 3 is 2.39 bits per heavy atom. The molecule has 7 nitrogen and oxygen atoms in total. The van der Waals surface area contributed by atoms with Crippen LogP contribution in [0.4, 0.5) is 5.82 Å². The zero-order chi connectivity index (χ0) is 30.3. The van der Waals surface area contributed by atoms with Crippen LogP contribution in [0.5, 0.6) is 5.75 Å². The van der Waals surface area contributed by atoms with E-state index in [4.69, 9.17) is 14.8 Å². The largest absolute Gasteiger partial charge is 0.496 e. The third-order valence-electron chi connectivity index (χ3n) is 11.9. The standard InChI is InChI=1S/C37H48N4O3/c1-26-21-30(9-12-33(26)44-2)37-17-14-36(15-18-37,16-19-37)25-40(35(43)27-7-10-32(42)11-8-27)34-22-28(13-20-38-34)29-23-39-41(24-29)31-5-3-4-6-31/h9,12-13,20-24,27,31-32,42H,3-8,10-11,14-19,25H2,1-2H3. The van der Waals surface area contributed by atoms with Crippen LogP contribution in [0.1, 0.15) is 107 Å². The lowest BCUT2D eigenvalue weighted by Crippen LogP contribution is -2.52. The van der Waals surface area contributed by atoms with E-state index >= 15 is 0 Å². The number of aromatic nitrogens is 3. The number of nitrogens with zero attached hydrogens (tertiary/aromatic N) is 4. The summed E-state index contributed by atoms with van der Waals surface area (Å²) in [6.45, 7) is 2.86. The number of anilines is 1. The van der Waals surface area contributed by atoms with Gasteiger partial charge in [0.15, 0.2) is 0 Å². The van der Waals surface area contributed by atoms with Gasteiger partial charge in [-0.05, 0) is 130 Å². The van der Waals surface area contributed by atoms with E-state index in [1.807, 2.05) is 23.4 Å². The highest BCUT2D eigenvalue weighted by atomic mass is 16.5. The minimum Gasteiger partial charge on any atom is -0.496 e. The van der Waals surface area contributed by atoms with E-state index in [1.165, 1.54) is 36.8 Å². The van der Waals surface area contributed by atoms with Crippen LogP contribution in [0.25, 0.3) is 11.1 Å². The lowest BCUT2D eigenvalue weighted by Gasteiger charge is -2.55. The van der Waals surface area contributed by atoms with Gasteiger partial charge in [0.2, 0.25) is 5.91 Å². The van der Waals surface area contributed by atoms with E-state index < -0.39 is 0 Å². The average Bonchev–Trinajstić information content (AvgIpc) is 3.78. The molecule has 0 spiro atoms. The van der Waals surface area contributed by atoms with Gasteiger partial charge >= 0.3 is 0 Å². The highest BCUT2D eigenvalue weighted by Gasteiger charge is 2.50. The molecule has 1 aromatic carbocycles. The van der Waals surface area contributed by atoms with Crippen LogP contribution in [-0.4, -0.2) is 45.5 Å². The Morgan fingerprint density at radius 2 is 1.70 bits per heavy atom. The monoisotopic (exact) mass is 596 g/mol. The SMILES string of the molecule is COc1ccc(C23CCC(CN(C(=O)C4CCC(O)CC4)c4cc(-c5cnn(C6CCCC6)c5)ccn4)(CC2)CC3)cc1C. The summed E-state index contributed by atoms with van der Waals surface area (Å²) >= 11 is 0. The lowest BCUT2D eigenvalue weighted by molar-refractivity contribution is -0.124. The Hall–Kier alpha value is -3.19. The molecular formula is C37H48N4O3. The number of aryl methyl sites for hydroxylation is 1. The summed E-state index contributed by atoms with van der Waals surface area (Å²) < 4.78 is 7.68. The first kappa shape index (κ1) is 29.5. The number of aliphatic hydroxyl groups excluding tert-OH is 1. The van der Waals surface area contributed by atoms with Crippen molar-refractivity contribution < 1.29 is 14.6 Å². The van der Waals surface area contributed by atoms with E-state index in [9.17, 15) is 9.90 Å². The fraction of sp³-hybridized carbons (Fsp3) is 0.595. The van der Waals surface area contributed by atoms with Gasteiger partial charge in [0.05, 0.1) is 25.5 Å². The van der Waals surface area contributed by atoms with E-state index in [1.54, 1.807) is 7.11 Å². The number of methoxy groups -OCH3 is 1. The van der Waals surface area contributed by atoms with Crippen LogP contribution < -0.4 is 9.64 Å². The summed E-state index contributed by atoms with van der Waals surface area (Å²) in [5.41, 5.74) is 5.14. The van der Waals surface area contributed by atoms with Gasteiger partial charge in [-0.15, -0.1) is 0 Å². The predicted octanol–water partition coefficient (Wildman–Crippen LogP) is 7.55. The molecule has 2 heterocycles. The number of aliphatic hydroxyl groups is 1. The fourth-order valence-electron chi connectivity index (χ4n) is 8.89. The molecule has 0 saturated heterocycles. The Kier molecular flexibility index (Phi) is 8.02. The Bertz CT molecular complexity index is 1460. The summed E-state index contributed by atoms with van der Waals surface area (Å²) in [7, 11) is 1.74. The molecule has 2 bridgehead atoms. The molecular weight excluding hydrogens is 548 g/mol. The van der Waals surface area contributed by atoms with Crippen molar-refractivity contribution in [3.05, 3.63) is 60.0 Å². The molecule has 234 valence electrons. The summed E-state index contributed by atoms with van der Waals surface area (Å²) in [6, 6.07) is 11.4. The number of carbonyl (C=O) groups excluding carboxylic acids is 1. The van der Waals surface area contributed by atoms with Crippen LogP contribution in [0, 0.1) is 18.3 Å². The van der Waals surface area contributed by atoms with Crippen molar-refractivity contribution in [1.29, 1.82) is 0 Å². The maximum Gasteiger partial charge on any atom is 0.231 e. The van der Waals surface area contributed by atoms with E-state index in [0.717, 1.165) is 80.6 Å². The van der Waals surface area contributed by atoms with Gasteiger partial charge < -0.3 is 9.84 Å². The van der Waals surface area contributed by atoms with Gasteiger partial charge in [-0.25, -0.2) is 4.98 Å².